The van der Waals surface area contributed by atoms with Crippen molar-refractivity contribution in [2.75, 3.05) is 45.2 Å². The van der Waals surface area contributed by atoms with Gasteiger partial charge in [0.05, 0.1) is 24.7 Å². The molecule has 1 heterocycles. The van der Waals surface area contributed by atoms with Crippen LogP contribution in [0.4, 0.5) is 5.69 Å². The maximum atomic E-state index is 12.7. The van der Waals surface area contributed by atoms with Crippen molar-refractivity contribution in [1.82, 2.24) is 9.21 Å². The Labute approximate surface area is 147 Å². The number of likely N-dealkylation sites (N-methyl/N-ethyl adjacent to an activating group) is 1. The molecule has 2 amide bonds. The second-order valence-electron chi connectivity index (χ2n) is 5.91. The molecule has 0 atom stereocenters. The van der Waals surface area contributed by atoms with Crippen LogP contribution in [0.1, 0.15) is 12.5 Å². The molecule has 1 fully saturated rings. The third kappa shape index (κ3) is 4.77. The first-order chi connectivity index (χ1) is 11.7. The number of benzene rings is 1. The topological polar surface area (TPSA) is 96.0 Å². The molecule has 0 bridgehead atoms. The van der Waals surface area contributed by atoms with E-state index in [2.05, 4.69) is 5.32 Å². The SMILES string of the molecule is CC(=O)Nc1ccc(S(=O)(=O)N(C)C(=O)CN2CCOCC2)cc1C. The van der Waals surface area contributed by atoms with Crippen LogP contribution in [0.2, 0.25) is 0 Å². The lowest BCUT2D eigenvalue weighted by Gasteiger charge is -2.27. The van der Waals surface area contributed by atoms with Crippen LogP contribution in [-0.4, -0.2) is 69.3 Å². The molecule has 1 aromatic rings. The number of carbonyl (C=O) groups excluding carboxylic acids is 2. The van der Waals surface area contributed by atoms with Crippen molar-refractivity contribution in [2.24, 2.45) is 0 Å². The lowest BCUT2D eigenvalue weighted by molar-refractivity contribution is -0.127. The Kier molecular flexibility index (Phi) is 6.15. The quantitative estimate of drug-likeness (QED) is 0.809. The summed E-state index contributed by atoms with van der Waals surface area (Å²) in [5.74, 6) is -0.734. The molecule has 0 saturated carbocycles. The van der Waals surface area contributed by atoms with Crippen LogP contribution in [0, 0.1) is 6.92 Å². The Hall–Kier alpha value is -1.97. The molecule has 1 N–H and O–H groups in total. The van der Waals surface area contributed by atoms with Crippen LogP contribution in [0.5, 0.6) is 0 Å². The van der Waals surface area contributed by atoms with Crippen LogP contribution in [0.3, 0.4) is 0 Å². The third-order valence-electron chi connectivity index (χ3n) is 3.98. The Bertz CT molecular complexity index is 757. The van der Waals surface area contributed by atoms with Gasteiger partial charge in [-0.2, -0.15) is 0 Å². The highest BCUT2D eigenvalue weighted by Crippen LogP contribution is 2.22. The molecule has 0 unspecified atom stereocenters. The summed E-state index contributed by atoms with van der Waals surface area (Å²) in [6.45, 7) is 5.37. The lowest BCUT2D eigenvalue weighted by atomic mass is 10.2. The summed E-state index contributed by atoms with van der Waals surface area (Å²) in [5, 5.41) is 2.63. The molecule has 1 saturated heterocycles. The zero-order valence-electron chi connectivity index (χ0n) is 14.6. The number of hydrogen-bond donors (Lipinski definition) is 1. The number of amides is 2. The number of nitrogens with one attached hydrogen (secondary N) is 1. The van der Waals surface area contributed by atoms with Gasteiger partial charge in [0.25, 0.3) is 10.0 Å². The molecule has 0 spiro atoms. The second kappa shape index (κ2) is 7.94. The van der Waals surface area contributed by atoms with Gasteiger partial charge in [-0.15, -0.1) is 0 Å². The predicted molar refractivity (Wildman–Crippen MR) is 92.7 cm³/mol. The Balaban J connectivity index is 2.14. The average molecular weight is 369 g/mol. The Morgan fingerprint density at radius 2 is 1.92 bits per heavy atom. The molecular formula is C16H23N3O5S. The van der Waals surface area contributed by atoms with Gasteiger partial charge in [0, 0.05) is 32.7 Å². The number of sulfonamides is 1. The predicted octanol–water partition coefficient (Wildman–Crippen LogP) is 0.433. The molecular weight excluding hydrogens is 346 g/mol. The van der Waals surface area contributed by atoms with Crippen molar-refractivity contribution < 1.29 is 22.7 Å². The summed E-state index contributed by atoms with van der Waals surface area (Å²) in [4.78, 5) is 25.3. The number of rotatable bonds is 5. The minimum absolute atomic E-state index is 0.0110. The van der Waals surface area contributed by atoms with Gasteiger partial charge in [0.1, 0.15) is 0 Å². The third-order valence-corrected chi connectivity index (χ3v) is 5.76. The van der Waals surface area contributed by atoms with Gasteiger partial charge in [0.15, 0.2) is 0 Å². The summed E-state index contributed by atoms with van der Waals surface area (Å²) < 4.78 is 31.3. The van der Waals surface area contributed by atoms with Gasteiger partial charge in [-0.25, -0.2) is 12.7 Å². The molecule has 2 rings (SSSR count). The first-order valence-electron chi connectivity index (χ1n) is 7.92. The smallest absolute Gasteiger partial charge is 0.266 e. The van der Waals surface area contributed by atoms with Crippen LogP contribution in [0.15, 0.2) is 23.1 Å². The molecule has 138 valence electrons. The van der Waals surface area contributed by atoms with Crippen molar-refractivity contribution in [3.8, 4) is 0 Å². The molecule has 25 heavy (non-hydrogen) atoms. The van der Waals surface area contributed by atoms with E-state index in [4.69, 9.17) is 4.74 Å². The molecule has 1 aliphatic rings. The monoisotopic (exact) mass is 369 g/mol. The minimum Gasteiger partial charge on any atom is -0.379 e. The van der Waals surface area contributed by atoms with Crippen LogP contribution in [0.25, 0.3) is 0 Å². The summed E-state index contributed by atoms with van der Waals surface area (Å²) in [7, 11) is -2.68. The Morgan fingerprint density at radius 3 is 2.48 bits per heavy atom. The van der Waals surface area contributed by atoms with Crippen molar-refractivity contribution in [1.29, 1.82) is 0 Å². The van der Waals surface area contributed by atoms with Gasteiger partial charge >= 0.3 is 0 Å². The largest absolute Gasteiger partial charge is 0.379 e. The van der Waals surface area contributed by atoms with Gasteiger partial charge in [-0.05, 0) is 30.7 Å². The van der Waals surface area contributed by atoms with E-state index in [0.29, 0.717) is 37.6 Å². The van der Waals surface area contributed by atoms with E-state index in [9.17, 15) is 18.0 Å². The summed E-state index contributed by atoms with van der Waals surface area (Å²) in [5.41, 5.74) is 1.14. The molecule has 0 aromatic heterocycles. The Morgan fingerprint density at radius 1 is 1.28 bits per heavy atom. The molecule has 9 heteroatoms. The highest BCUT2D eigenvalue weighted by atomic mass is 32.2. The number of nitrogens with zero attached hydrogens (tertiary/aromatic N) is 2. The van der Waals surface area contributed by atoms with Gasteiger partial charge in [0.2, 0.25) is 11.8 Å². The van der Waals surface area contributed by atoms with Crippen molar-refractivity contribution in [2.45, 2.75) is 18.7 Å². The molecule has 1 aliphatic heterocycles. The summed E-state index contributed by atoms with van der Waals surface area (Å²) >= 11 is 0. The maximum Gasteiger partial charge on any atom is 0.266 e. The van der Waals surface area contributed by atoms with Crippen molar-refractivity contribution in [3.63, 3.8) is 0 Å². The van der Waals surface area contributed by atoms with E-state index in [0.717, 1.165) is 4.31 Å². The fourth-order valence-electron chi connectivity index (χ4n) is 2.47. The fraction of sp³-hybridized carbons (Fsp3) is 0.500. The number of hydrogen-bond acceptors (Lipinski definition) is 6. The summed E-state index contributed by atoms with van der Waals surface area (Å²) in [6.07, 6.45) is 0. The van der Waals surface area contributed by atoms with E-state index in [1.165, 1.54) is 32.2 Å². The van der Waals surface area contributed by atoms with E-state index in [-0.39, 0.29) is 17.3 Å². The normalized spacial score (nSPS) is 15.6. The van der Waals surface area contributed by atoms with Gasteiger partial charge in [-0.3, -0.25) is 14.5 Å². The number of ether oxygens (including phenoxy) is 1. The van der Waals surface area contributed by atoms with E-state index >= 15 is 0 Å². The highest BCUT2D eigenvalue weighted by Gasteiger charge is 2.27. The first-order valence-corrected chi connectivity index (χ1v) is 9.36. The van der Waals surface area contributed by atoms with Gasteiger partial charge < -0.3 is 10.1 Å². The van der Waals surface area contributed by atoms with Crippen LogP contribution >= 0.6 is 0 Å². The standard InChI is InChI=1S/C16H23N3O5S/c1-12-10-14(4-5-15(12)17-13(2)20)25(22,23)18(3)16(21)11-19-6-8-24-9-7-19/h4-5,10H,6-9,11H2,1-3H3,(H,17,20). The molecule has 0 aliphatic carbocycles. The van der Waals surface area contributed by atoms with Crippen molar-refractivity contribution in [3.05, 3.63) is 23.8 Å². The second-order valence-corrected chi connectivity index (χ2v) is 7.88. The molecule has 1 aromatic carbocycles. The zero-order valence-corrected chi connectivity index (χ0v) is 15.4. The fourth-order valence-corrected chi connectivity index (χ4v) is 3.68. The van der Waals surface area contributed by atoms with E-state index in [1.54, 1.807) is 6.92 Å². The molecule has 0 radical (unpaired) electrons. The lowest BCUT2D eigenvalue weighted by Crippen LogP contribution is -2.45. The van der Waals surface area contributed by atoms with E-state index in [1.807, 2.05) is 4.90 Å². The highest BCUT2D eigenvalue weighted by molar-refractivity contribution is 7.89. The van der Waals surface area contributed by atoms with E-state index < -0.39 is 15.9 Å². The average Bonchev–Trinajstić information content (AvgIpc) is 2.56. The summed E-state index contributed by atoms with van der Waals surface area (Å²) in [6, 6.07) is 4.34. The number of aryl methyl sites for hydroxylation is 1. The maximum absolute atomic E-state index is 12.7. The zero-order chi connectivity index (χ0) is 18.6. The first kappa shape index (κ1) is 19.4. The number of anilines is 1. The number of morpholine rings is 1. The minimum atomic E-state index is -3.94. The van der Waals surface area contributed by atoms with Crippen LogP contribution in [-0.2, 0) is 24.3 Å². The van der Waals surface area contributed by atoms with Gasteiger partial charge in [-0.1, -0.05) is 0 Å². The van der Waals surface area contributed by atoms with Crippen molar-refractivity contribution >= 4 is 27.5 Å². The number of carbonyl (C=O) groups is 2. The van der Waals surface area contributed by atoms with Crippen LogP contribution < -0.4 is 5.32 Å². The molecule has 8 nitrogen and oxygen atoms in total.